The average molecular weight is 241 g/mol. The average Bonchev–Trinajstić information content (AvgIpc) is 2.11. The lowest BCUT2D eigenvalue weighted by Crippen LogP contribution is -2.35. The van der Waals surface area contributed by atoms with Crippen LogP contribution in [0.25, 0.3) is 0 Å². The van der Waals surface area contributed by atoms with E-state index in [2.05, 4.69) is 41.5 Å². The van der Waals surface area contributed by atoms with Crippen LogP contribution in [0.2, 0.25) is 11.1 Å². The van der Waals surface area contributed by atoms with Crippen LogP contribution in [0.5, 0.6) is 0 Å². The van der Waals surface area contributed by atoms with Gasteiger partial charge in [-0.3, -0.25) is 0 Å². The van der Waals surface area contributed by atoms with Gasteiger partial charge in [0.15, 0.2) is 0 Å². The molecular formula is C14H29OSi. The first-order chi connectivity index (χ1) is 7.40. The number of hydrogen-bond acceptors (Lipinski definition) is 1. The highest BCUT2D eigenvalue weighted by Crippen LogP contribution is 2.33. The lowest BCUT2D eigenvalue weighted by atomic mass is 9.82. The molecule has 0 aromatic carbocycles. The maximum atomic E-state index is 6.46. The highest BCUT2D eigenvalue weighted by molar-refractivity contribution is 6.55. The third-order valence-corrected chi connectivity index (χ3v) is 6.46. The molecule has 1 radical (unpaired) electrons. The van der Waals surface area contributed by atoms with Crippen LogP contribution in [0.4, 0.5) is 0 Å². The van der Waals surface area contributed by atoms with Crippen molar-refractivity contribution >= 4 is 9.04 Å². The van der Waals surface area contributed by atoms with Gasteiger partial charge in [-0.2, -0.15) is 0 Å². The Hall–Kier alpha value is 0.177. The Morgan fingerprint density at radius 3 is 1.69 bits per heavy atom. The summed E-state index contributed by atoms with van der Waals surface area (Å²) in [5.41, 5.74) is 1.47. The molecule has 0 heterocycles. The van der Waals surface area contributed by atoms with Gasteiger partial charge < -0.3 is 4.43 Å². The first-order valence-corrected chi connectivity index (χ1v) is 8.49. The normalized spacial score (nSPS) is 31.7. The third kappa shape index (κ3) is 4.21. The van der Waals surface area contributed by atoms with Crippen molar-refractivity contribution in [1.82, 2.24) is 0 Å². The van der Waals surface area contributed by atoms with Crippen molar-refractivity contribution in [1.29, 1.82) is 0 Å². The van der Waals surface area contributed by atoms with Crippen molar-refractivity contribution in [3.8, 4) is 0 Å². The quantitative estimate of drug-likeness (QED) is 0.652. The van der Waals surface area contributed by atoms with E-state index >= 15 is 0 Å². The molecule has 1 aliphatic carbocycles. The van der Waals surface area contributed by atoms with Gasteiger partial charge in [0.1, 0.15) is 0 Å². The zero-order valence-corrected chi connectivity index (χ0v) is 12.9. The van der Waals surface area contributed by atoms with Crippen LogP contribution < -0.4 is 0 Å². The molecule has 2 heteroatoms. The summed E-state index contributed by atoms with van der Waals surface area (Å²) < 4.78 is 6.46. The molecule has 0 bridgehead atoms. The van der Waals surface area contributed by atoms with Gasteiger partial charge in [0, 0.05) is 6.10 Å². The predicted octanol–water partition coefficient (Wildman–Crippen LogP) is 4.64. The van der Waals surface area contributed by atoms with Crippen LogP contribution in [-0.4, -0.2) is 15.1 Å². The van der Waals surface area contributed by atoms with Crippen LogP contribution in [0.1, 0.15) is 60.8 Å². The molecule has 2 atom stereocenters. The highest BCUT2D eigenvalue weighted by Gasteiger charge is 2.30. The van der Waals surface area contributed by atoms with E-state index in [9.17, 15) is 0 Å². The maximum Gasteiger partial charge on any atom is 0.217 e. The molecule has 0 aromatic heterocycles. The lowest BCUT2D eigenvalue weighted by molar-refractivity contribution is 0.0954. The molecular weight excluding hydrogens is 212 g/mol. The van der Waals surface area contributed by atoms with Gasteiger partial charge >= 0.3 is 0 Å². The molecule has 0 amide bonds. The SMILES string of the molecule is CC1CC(C)CC(O[Si](C(C)C)C(C)C)C1. The summed E-state index contributed by atoms with van der Waals surface area (Å²) in [7, 11) is -0.624. The van der Waals surface area contributed by atoms with Crippen molar-refractivity contribution in [3.63, 3.8) is 0 Å². The number of rotatable bonds is 4. The van der Waals surface area contributed by atoms with Gasteiger partial charge in [-0.05, 0) is 42.2 Å². The molecule has 95 valence electrons. The fourth-order valence-corrected chi connectivity index (χ4v) is 5.56. The molecule has 1 fully saturated rings. The van der Waals surface area contributed by atoms with E-state index in [1.54, 1.807) is 0 Å². The largest absolute Gasteiger partial charge is 0.413 e. The summed E-state index contributed by atoms with van der Waals surface area (Å²) >= 11 is 0. The Morgan fingerprint density at radius 1 is 0.875 bits per heavy atom. The van der Waals surface area contributed by atoms with Crippen molar-refractivity contribution < 1.29 is 4.43 Å². The minimum absolute atomic E-state index is 0.553. The first-order valence-electron chi connectivity index (χ1n) is 6.93. The molecule has 0 N–H and O–H groups in total. The summed E-state index contributed by atoms with van der Waals surface area (Å²) in [5.74, 6) is 1.72. The molecule has 16 heavy (non-hydrogen) atoms. The third-order valence-electron chi connectivity index (χ3n) is 3.58. The van der Waals surface area contributed by atoms with Crippen LogP contribution in [0.15, 0.2) is 0 Å². The summed E-state index contributed by atoms with van der Waals surface area (Å²) in [6, 6.07) is 0. The number of hydrogen-bond donors (Lipinski definition) is 0. The highest BCUT2D eigenvalue weighted by atomic mass is 28.3. The summed E-state index contributed by atoms with van der Waals surface area (Å²) in [6.45, 7) is 14.0. The van der Waals surface area contributed by atoms with E-state index in [0.29, 0.717) is 6.10 Å². The Morgan fingerprint density at radius 2 is 1.31 bits per heavy atom. The topological polar surface area (TPSA) is 9.23 Å². The molecule has 0 aromatic rings. The van der Waals surface area contributed by atoms with Crippen molar-refractivity contribution in [3.05, 3.63) is 0 Å². The second-order valence-electron chi connectivity index (χ2n) is 6.37. The molecule has 1 rings (SSSR count). The molecule has 1 aliphatic rings. The van der Waals surface area contributed by atoms with Gasteiger partial charge in [-0.25, -0.2) is 0 Å². The Kier molecular flexibility index (Phi) is 5.52. The minimum atomic E-state index is -0.624. The molecule has 2 unspecified atom stereocenters. The maximum absolute atomic E-state index is 6.46. The van der Waals surface area contributed by atoms with Crippen molar-refractivity contribution in [2.75, 3.05) is 0 Å². The summed E-state index contributed by atoms with van der Waals surface area (Å²) in [6.07, 6.45) is 4.53. The molecule has 1 saturated carbocycles. The summed E-state index contributed by atoms with van der Waals surface area (Å²) in [4.78, 5) is 0. The molecule has 0 spiro atoms. The fraction of sp³-hybridized carbons (Fsp3) is 1.00. The summed E-state index contributed by atoms with van der Waals surface area (Å²) in [5, 5.41) is 0. The van der Waals surface area contributed by atoms with E-state index in [-0.39, 0.29) is 0 Å². The zero-order valence-electron chi connectivity index (χ0n) is 11.9. The lowest BCUT2D eigenvalue weighted by Gasteiger charge is -2.35. The van der Waals surface area contributed by atoms with Crippen LogP contribution in [-0.2, 0) is 4.43 Å². The van der Waals surface area contributed by atoms with E-state index in [1.807, 2.05) is 0 Å². The van der Waals surface area contributed by atoms with Gasteiger partial charge in [-0.15, -0.1) is 0 Å². The smallest absolute Gasteiger partial charge is 0.217 e. The second kappa shape index (κ2) is 6.20. The van der Waals surface area contributed by atoms with E-state index in [0.717, 1.165) is 22.9 Å². The fourth-order valence-electron chi connectivity index (χ4n) is 3.10. The Labute approximate surface area is 104 Å². The Balaban J connectivity index is 2.50. The monoisotopic (exact) mass is 241 g/mol. The molecule has 1 nitrogen and oxygen atoms in total. The first kappa shape index (κ1) is 14.2. The second-order valence-corrected chi connectivity index (χ2v) is 9.72. The predicted molar refractivity (Wildman–Crippen MR) is 73.0 cm³/mol. The zero-order chi connectivity index (χ0) is 12.3. The molecule has 0 aliphatic heterocycles. The van der Waals surface area contributed by atoms with E-state index < -0.39 is 9.04 Å². The standard InChI is InChI=1S/C14H29OSi/c1-10(2)16(11(3)4)15-14-8-12(5)7-13(6)9-14/h10-14H,7-9H2,1-6H3. The van der Waals surface area contributed by atoms with Gasteiger partial charge in [-0.1, -0.05) is 41.5 Å². The van der Waals surface area contributed by atoms with Crippen LogP contribution >= 0.6 is 0 Å². The Bertz CT molecular complexity index is 185. The van der Waals surface area contributed by atoms with Gasteiger partial charge in [0.25, 0.3) is 0 Å². The van der Waals surface area contributed by atoms with Gasteiger partial charge in [0.2, 0.25) is 9.04 Å². The van der Waals surface area contributed by atoms with Crippen LogP contribution in [0.3, 0.4) is 0 Å². The van der Waals surface area contributed by atoms with Crippen molar-refractivity contribution in [2.24, 2.45) is 11.8 Å². The molecule has 0 saturated heterocycles. The van der Waals surface area contributed by atoms with Gasteiger partial charge in [0.05, 0.1) is 0 Å². The van der Waals surface area contributed by atoms with Crippen molar-refractivity contribution in [2.45, 2.75) is 78.0 Å². The van der Waals surface area contributed by atoms with E-state index in [1.165, 1.54) is 19.3 Å². The minimum Gasteiger partial charge on any atom is -0.413 e. The van der Waals surface area contributed by atoms with Crippen LogP contribution in [0, 0.1) is 11.8 Å². The van der Waals surface area contributed by atoms with E-state index in [4.69, 9.17) is 4.43 Å².